The molecule has 3 rings (SSSR count). The Balaban J connectivity index is 1.61. The highest BCUT2D eigenvalue weighted by atomic mass is 15.3. The molecule has 0 spiro atoms. The van der Waals surface area contributed by atoms with Crippen LogP contribution in [0.3, 0.4) is 0 Å². The number of piperazine rings is 1. The van der Waals surface area contributed by atoms with E-state index in [2.05, 4.69) is 48.8 Å². The molecule has 1 saturated heterocycles. The van der Waals surface area contributed by atoms with E-state index in [1.807, 2.05) is 0 Å². The van der Waals surface area contributed by atoms with Crippen molar-refractivity contribution >= 4 is 5.69 Å². The Morgan fingerprint density at radius 1 is 1.00 bits per heavy atom. The molecular formula is C19H30N2. The molecule has 1 aromatic carbocycles. The SMILES string of the molecule is Cc1ccc(C)c(N2CCN([C@@H]3CCC[C@H](C)C3)CC2)c1. The summed E-state index contributed by atoms with van der Waals surface area (Å²) in [5.74, 6) is 0.931. The molecule has 2 atom stereocenters. The van der Waals surface area contributed by atoms with Crippen LogP contribution in [-0.2, 0) is 0 Å². The van der Waals surface area contributed by atoms with Crippen LogP contribution >= 0.6 is 0 Å². The first-order chi connectivity index (χ1) is 10.1. The molecule has 2 heteroatoms. The summed E-state index contributed by atoms with van der Waals surface area (Å²) in [6, 6.07) is 7.70. The van der Waals surface area contributed by atoms with Gasteiger partial charge in [-0.3, -0.25) is 4.90 Å². The van der Waals surface area contributed by atoms with Crippen molar-refractivity contribution in [3.8, 4) is 0 Å². The second-order valence-electron chi connectivity index (χ2n) is 7.24. The smallest absolute Gasteiger partial charge is 0.0399 e. The zero-order valence-corrected chi connectivity index (χ0v) is 13.9. The molecule has 21 heavy (non-hydrogen) atoms. The van der Waals surface area contributed by atoms with Gasteiger partial charge in [-0.25, -0.2) is 0 Å². The maximum atomic E-state index is 2.76. The highest BCUT2D eigenvalue weighted by molar-refractivity contribution is 5.55. The van der Waals surface area contributed by atoms with Crippen molar-refractivity contribution in [1.29, 1.82) is 0 Å². The number of hydrogen-bond donors (Lipinski definition) is 0. The molecule has 0 radical (unpaired) electrons. The molecule has 1 saturated carbocycles. The predicted octanol–water partition coefficient (Wildman–Crippen LogP) is 4.00. The van der Waals surface area contributed by atoms with Gasteiger partial charge in [0, 0.05) is 37.9 Å². The standard InChI is InChI=1S/C19H30N2/c1-15-5-4-6-18(13-15)20-9-11-21(12-10-20)19-14-16(2)7-8-17(19)3/h7-8,14-15,18H,4-6,9-13H2,1-3H3/t15-,18+/m0/s1. The van der Waals surface area contributed by atoms with E-state index in [0.717, 1.165) is 12.0 Å². The van der Waals surface area contributed by atoms with Crippen LogP contribution in [0, 0.1) is 19.8 Å². The van der Waals surface area contributed by atoms with Gasteiger partial charge in [0.2, 0.25) is 0 Å². The van der Waals surface area contributed by atoms with Gasteiger partial charge in [-0.2, -0.15) is 0 Å². The third-order valence-electron chi connectivity index (χ3n) is 5.44. The lowest BCUT2D eigenvalue weighted by molar-refractivity contribution is 0.127. The Bertz CT molecular complexity index is 474. The van der Waals surface area contributed by atoms with Crippen LogP contribution in [-0.4, -0.2) is 37.1 Å². The largest absolute Gasteiger partial charge is 0.369 e. The van der Waals surface area contributed by atoms with Crippen molar-refractivity contribution in [1.82, 2.24) is 4.90 Å². The van der Waals surface area contributed by atoms with Gasteiger partial charge >= 0.3 is 0 Å². The van der Waals surface area contributed by atoms with Crippen LogP contribution in [0.2, 0.25) is 0 Å². The molecule has 1 aliphatic carbocycles. The average molecular weight is 286 g/mol. The van der Waals surface area contributed by atoms with E-state index in [1.165, 1.54) is 68.7 Å². The summed E-state index contributed by atoms with van der Waals surface area (Å²) >= 11 is 0. The van der Waals surface area contributed by atoms with E-state index in [4.69, 9.17) is 0 Å². The molecule has 2 nitrogen and oxygen atoms in total. The minimum Gasteiger partial charge on any atom is -0.369 e. The molecule has 2 aliphatic rings. The lowest BCUT2D eigenvalue weighted by Gasteiger charge is -2.43. The molecule has 116 valence electrons. The van der Waals surface area contributed by atoms with Crippen molar-refractivity contribution in [2.24, 2.45) is 5.92 Å². The number of benzene rings is 1. The van der Waals surface area contributed by atoms with Crippen molar-refractivity contribution < 1.29 is 0 Å². The quantitative estimate of drug-likeness (QED) is 0.810. The third kappa shape index (κ3) is 3.42. The molecule has 1 heterocycles. The van der Waals surface area contributed by atoms with E-state index in [9.17, 15) is 0 Å². The van der Waals surface area contributed by atoms with Gasteiger partial charge in [-0.1, -0.05) is 31.9 Å². The second kappa shape index (κ2) is 6.39. The maximum Gasteiger partial charge on any atom is 0.0399 e. The van der Waals surface area contributed by atoms with Gasteiger partial charge in [0.1, 0.15) is 0 Å². The lowest BCUT2D eigenvalue weighted by Crippen LogP contribution is -2.51. The summed E-state index contributed by atoms with van der Waals surface area (Å²) in [4.78, 5) is 5.35. The first-order valence-corrected chi connectivity index (χ1v) is 8.70. The summed E-state index contributed by atoms with van der Waals surface area (Å²) < 4.78 is 0. The Morgan fingerprint density at radius 2 is 1.76 bits per heavy atom. The molecular weight excluding hydrogens is 256 g/mol. The monoisotopic (exact) mass is 286 g/mol. The van der Waals surface area contributed by atoms with Crippen LogP contribution in [0.15, 0.2) is 18.2 Å². The van der Waals surface area contributed by atoms with Gasteiger partial charge in [0.15, 0.2) is 0 Å². The predicted molar refractivity (Wildman–Crippen MR) is 91.1 cm³/mol. The molecule has 1 aliphatic heterocycles. The Kier molecular flexibility index (Phi) is 4.54. The highest BCUT2D eigenvalue weighted by Gasteiger charge is 2.27. The number of anilines is 1. The zero-order chi connectivity index (χ0) is 14.8. The molecule has 0 amide bonds. The molecule has 0 bridgehead atoms. The zero-order valence-electron chi connectivity index (χ0n) is 13.9. The number of rotatable bonds is 2. The summed E-state index contributed by atoms with van der Waals surface area (Å²) in [7, 11) is 0. The van der Waals surface area contributed by atoms with Crippen molar-refractivity contribution in [2.45, 2.75) is 52.5 Å². The fourth-order valence-electron chi connectivity index (χ4n) is 4.12. The molecule has 0 N–H and O–H groups in total. The van der Waals surface area contributed by atoms with Gasteiger partial charge in [-0.15, -0.1) is 0 Å². The highest BCUT2D eigenvalue weighted by Crippen LogP contribution is 2.29. The fraction of sp³-hybridized carbons (Fsp3) is 0.684. The molecule has 1 aromatic rings. The van der Waals surface area contributed by atoms with Gasteiger partial charge in [0.05, 0.1) is 0 Å². The Hall–Kier alpha value is -1.02. The number of nitrogens with zero attached hydrogens (tertiary/aromatic N) is 2. The van der Waals surface area contributed by atoms with E-state index >= 15 is 0 Å². The summed E-state index contributed by atoms with van der Waals surface area (Å²) in [6.45, 7) is 11.7. The third-order valence-corrected chi connectivity index (χ3v) is 5.44. The van der Waals surface area contributed by atoms with Gasteiger partial charge < -0.3 is 4.90 Å². The average Bonchev–Trinajstić information content (AvgIpc) is 2.50. The molecule has 0 aromatic heterocycles. The maximum absolute atomic E-state index is 2.76. The van der Waals surface area contributed by atoms with E-state index in [1.54, 1.807) is 0 Å². The lowest BCUT2D eigenvalue weighted by atomic mass is 9.86. The van der Waals surface area contributed by atoms with Crippen molar-refractivity contribution in [3.63, 3.8) is 0 Å². The normalized spacial score (nSPS) is 27.9. The topological polar surface area (TPSA) is 6.48 Å². The van der Waals surface area contributed by atoms with Crippen molar-refractivity contribution in [2.75, 3.05) is 31.1 Å². The van der Waals surface area contributed by atoms with Crippen LogP contribution in [0.1, 0.15) is 43.7 Å². The minimum atomic E-state index is 0.856. The van der Waals surface area contributed by atoms with Gasteiger partial charge in [-0.05, 0) is 49.8 Å². The summed E-state index contributed by atoms with van der Waals surface area (Å²) in [6.07, 6.45) is 5.72. The first-order valence-electron chi connectivity index (χ1n) is 8.70. The number of aryl methyl sites for hydroxylation is 2. The Morgan fingerprint density at radius 3 is 2.48 bits per heavy atom. The van der Waals surface area contributed by atoms with Crippen LogP contribution in [0.4, 0.5) is 5.69 Å². The Labute approximate surface area is 130 Å². The van der Waals surface area contributed by atoms with Crippen LogP contribution < -0.4 is 4.90 Å². The van der Waals surface area contributed by atoms with E-state index < -0.39 is 0 Å². The van der Waals surface area contributed by atoms with Crippen LogP contribution in [0.25, 0.3) is 0 Å². The molecule has 2 fully saturated rings. The van der Waals surface area contributed by atoms with E-state index in [0.29, 0.717) is 0 Å². The van der Waals surface area contributed by atoms with Crippen molar-refractivity contribution in [3.05, 3.63) is 29.3 Å². The summed E-state index contributed by atoms with van der Waals surface area (Å²) in [5.41, 5.74) is 4.24. The first kappa shape index (κ1) is 14.9. The molecule has 0 unspecified atom stereocenters. The fourth-order valence-corrected chi connectivity index (χ4v) is 4.12. The summed E-state index contributed by atoms with van der Waals surface area (Å²) in [5, 5.41) is 0. The van der Waals surface area contributed by atoms with Gasteiger partial charge in [0.25, 0.3) is 0 Å². The van der Waals surface area contributed by atoms with E-state index in [-0.39, 0.29) is 0 Å². The van der Waals surface area contributed by atoms with Crippen LogP contribution in [0.5, 0.6) is 0 Å². The number of hydrogen-bond acceptors (Lipinski definition) is 2. The second-order valence-corrected chi connectivity index (χ2v) is 7.24. The minimum absolute atomic E-state index is 0.856.